The third-order valence-corrected chi connectivity index (χ3v) is 3.28. The number of carbonyl (C=O) groups excluding carboxylic acids is 1. The van der Waals surface area contributed by atoms with E-state index in [4.69, 9.17) is 4.74 Å². The van der Waals surface area contributed by atoms with E-state index in [1.54, 1.807) is 10.9 Å². The van der Waals surface area contributed by atoms with E-state index in [-0.39, 0.29) is 24.8 Å². The molecule has 2 unspecified atom stereocenters. The van der Waals surface area contributed by atoms with E-state index in [1.807, 2.05) is 20.8 Å². The monoisotopic (exact) mass is 282 g/mol. The summed E-state index contributed by atoms with van der Waals surface area (Å²) < 4.78 is 6.99. The number of aliphatic hydroxyl groups is 1. The van der Waals surface area contributed by atoms with Gasteiger partial charge in [0.1, 0.15) is 5.60 Å². The van der Waals surface area contributed by atoms with Gasteiger partial charge in [0.15, 0.2) is 0 Å². The Bertz CT molecular complexity index is 466. The molecule has 1 aromatic heterocycles. The maximum Gasteiger partial charge on any atom is 0.407 e. The first-order chi connectivity index (χ1) is 9.39. The highest BCUT2D eigenvalue weighted by Crippen LogP contribution is 2.30. The first-order valence-electron chi connectivity index (χ1n) is 6.88. The lowest BCUT2D eigenvalue weighted by atomic mass is 10.2. The highest BCUT2D eigenvalue weighted by Gasteiger charge is 2.30. The van der Waals surface area contributed by atoms with E-state index in [2.05, 4.69) is 15.6 Å². The van der Waals surface area contributed by atoms with E-state index in [9.17, 15) is 9.90 Å². The molecule has 20 heavy (non-hydrogen) atoms. The standard InChI is InChI=1S/C13H22N4O3/c1-13(2,3)20-12(19)15-9-4-5-10(6-9)17-11(8-18)7-14-16-17/h7,9-10,18H,4-6,8H2,1-3H3,(H,15,19). The van der Waals surface area contributed by atoms with Crippen molar-refractivity contribution in [1.29, 1.82) is 0 Å². The normalized spacial score (nSPS) is 22.8. The number of rotatable bonds is 3. The summed E-state index contributed by atoms with van der Waals surface area (Å²) in [7, 11) is 0. The van der Waals surface area contributed by atoms with Crippen molar-refractivity contribution in [2.45, 2.75) is 64.3 Å². The molecule has 2 N–H and O–H groups in total. The number of alkyl carbamates (subject to hydrolysis) is 1. The fourth-order valence-corrected chi connectivity index (χ4v) is 2.47. The minimum atomic E-state index is -0.488. The van der Waals surface area contributed by atoms with E-state index in [1.165, 1.54) is 0 Å². The van der Waals surface area contributed by atoms with Crippen LogP contribution in [0.5, 0.6) is 0 Å². The van der Waals surface area contributed by atoms with Gasteiger partial charge < -0.3 is 15.2 Å². The van der Waals surface area contributed by atoms with Gasteiger partial charge in [0.05, 0.1) is 24.5 Å². The second-order valence-corrected chi connectivity index (χ2v) is 6.14. The molecule has 1 aromatic rings. The first-order valence-corrected chi connectivity index (χ1v) is 6.88. The van der Waals surface area contributed by atoms with E-state index in [0.29, 0.717) is 5.69 Å². The van der Waals surface area contributed by atoms with E-state index >= 15 is 0 Å². The summed E-state index contributed by atoms with van der Waals surface area (Å²) in [5.41, 5.74) is 0.214. The van der Waals surface area contributed by atoms with Gasteiger partial charge in [-0.15, -0.1) is 5.10 Å². The molecule has 0 bridgehead atoms. The van der Waals surface area contributed by atoms with Crippen molar-refractivity contribution >= 4 is 6.09 Å². The lowest BCUT2D eigenvalue weighted by molar-refractivity contribution is 0.0504. The van der Waals surface area contributed by atoms with Crippen molar-refractivity contribution in [3.63, 3.8) is 0 Å². The lowest BCUT2D eigenvalue weighted by Crippen LogP contribution is -2.38. The Morgan fingerprint density at radius 3 is 2.95 bits per heavy atom. The minimum Gasteiger partial charge on any atom is -0.444 e. The second kappa shape index (κ2) is 5.78. The van der Waals surface area contributed by atoms with Crippen LogP contribution in [0, 0.1) is 0 Å². The van der Waals surface area contributed by atoms with Crippen LogP contribution in [0.1, 0.15) is 51.8 Å². The van der Waals surface area contributed by atoms with Crippen LogP contribution in [-0.2, 0) is 11.3 Å². The van der Waals surface area contributed by atoms with Crippen LogP contribution in [-0.4, -0.2) is 37.8 Å². The highest BCUT2D eigenvalue weighted by atomic mass is 16.6. The van der Waals surface area contributed by atoms with Crippen molar-refractivity contribution < 1.29 is 14.6 Å². The predicted molar refractivity (Wildman–Crippen MR) is 72.0 cm³/mol. The molecule has 1 fully saturated rings. The topological polar surface area (TPSA) is 89.3 Å². The second-order valence-electron chi connectivity index (χ2n) is 6.14. The van der Waals surface area contributed by atoms with Gasteiger partial charge in [-0.05, 0) is 40.0 Å². The Kier molecular flexibility index (Phi) is 4.27. The summed E-state index contributed by atoms with van der Waals surface area (Å²) in [6.45, 7) is 5.45. The maximum atomic E-state index is 11.7. The Morgan fingerprint density at radius 2 is 2.30 bits per heavy atom. The van der Waals surface area contributed by atoms with Crippen LogP contribution in [0.4, 0.5) is 4.79 Å². The zero-order valence-corrected chi connectivity index (χ0v) is 12.2. The van der Waals surface area contributed by atoms with Gasteiger partial charge in [-0.25, -0.2) is 9.48 Å². The molecule has 2 atom stereocenters. The van der Waals surface area contributed by atoms with Gasteiger partial charge in [0, 0.05) is 6.04 Å². The van der Waals surface area contributed by atoms with Crippen LogP contribution in [0.25, 0.3) is 0 Å². The number of amides is 1. The lowest BCUT2D eigenvalue weighted by Gasteiger charge is -2.21. The molecule has 2 rings (SSSR count). The summed E-state index contributed by atoms with van der Waals surface area (Å²) in [5.74, 6) is 0. The minimum absolute atomic E-state index is 0.0746. The molecular formula is C13H22N4O3. The van der Waals surface area contributed by atoms with Crippen molar-refractivity contribution in [2.24, 2.45) is 0 Å². The molecule has 1 aliphatic carbocycles. The summed E-state index contributed by atoms with van der Waals surface area (Å²) in [5, 5.41) is 19.9. The Labute approximate surface area is 118 Å². The molecule has 1 amide bonds. The van der Waals surface area contributed by atoms with Gasteiger partial charge >= 0.3 is 6.09 Å². The van der Waals surface area contributed by atoms with Crippen LogP contribution >= 0.6 is 0 Å². The van der Waals surface area contributed by atoms with Crippen LogP contribution in [0.15, 0.2) is 6.20 Å². The third-order valence-electron chi connectivity index (χ3n) is 3.28. The number of hydrogen-bond donors (Lipinski definition) is 2. The van der Waals surface area contributed by atoms with E-state index in [0.717, 1.165) is 19.3 Å². The summed E-state index contributed by atoms with van der Waals surface area (Å²) in [6, 6.07) is 0.241. The number of aromatic nitrogens is 3. The van der Waals surface area contributed by atoms with Gasteiger partial charge in [-0.3, -0.25) is 0 Å². The smallest absolute Gasteiger partial charge is 0.407 e. The molecule has 0 aromatic carbocycles. The van der Waals surface area contributed by atoms with Crippen molar-refractivity contribution in [1.82, 2.24) is 20.3 Å². The molecule has 112 valence electrons. The summed E-state index contributed by atoms with van der Waals surface area (Å²) in [6.07, 6.45) is 3.72. The largest absolute Gasteiger partial charge is 0.444 e. The average Bonchev–Trinajstić information content (AvgIpc) is 2.93. The number of nitrogens with zero attached hydrogens (tertiary/aromatic N) is 3. The van der Waals surface area contributed by atoms with Gasteiger partial charge in [0.25, 0.3) is 0 Å². The average molecular weight is 282 g/mol. The summed E-state index contributed by atoms with van der Waals surface area (Å²) in [4.78, 5) is 11.7. The molecular weight excluding hydrogens is 260 g/mol. The zero-order chi connectivity index (χ0) is 14.8. The van der Waals surface area contributed by atoms with Gasteiger partial charge in [-0.1, -0.05) is 5.21 Å². The zero-order valence-electron chi connectivity index (χ0n) is 12.2. The number of nitrogens with one attached hydrogen (secondary N) is 1. The first kappa shape index (κ1) is 14.8. The fraction of sp³-hybridized carbons (Fsp3) is 0.769. The molecule has 0 radical (unpaired) electrons. The molecule has 0 saturated heterocycles. The van der Waals surface area contributed by atoms with Crippen molar-refractivity contribution in [3.05, 3.63) is 11.9 Å². The summed E-state index contributed by atoms with van der Waals surface area (Å²) >= 11 is 0. The number of ether oxygens (including phenoxy) is 1. The van der Waals surface area contributed by atoms with Crippen LogP contribution < -0.4 is 5.32 Å². The molecule has 7 nitrogen and oxygen atoms in total. The van der Waals surface area contributed by atoms with Crippen molar-refractivity contribution in [3.8, 4) is 0 Å². The molecule has 0 aliphatic heterocycles. The predicted octanol–water partition coefficient (Wildman–Crippen LogP) is 1.39. The number of carbonyl (C=O) groups is 1. The molecule has 1 saturated carbocycles. The molecule has 1 aliphatic rings. The molecule has 7 heteroatoms. The van der Waals surface area contributed by atoms with Gasteiger partial charge in [-0.2, -0.15) is 0 Å². The Balaban J connectivity index is 1.88. The SMILES string of the molecule is CC(C)(C)OC(=O)NC1CCC(n2nncc2CO)C1. The maximum absolute atomic E-state index is 11.7. The Hall–Kier alpha value is -1.63. The quantitative estimate of drug-likeness (QED) is 0.874. The fourth-order valence-electron chi connectivity index (χ4n) is 2.47. The highest BCUT2D eigenvalue weighted by molar-refractivity contribution is 5.68. The van der Waals surface area contributed by atoms with E-state index < -0.39 is 5.60 Å². The third kappa shape index (κ3) is 3.69. The Morgan fingerprint density at radius 1 is 1.55 bits per heavy atom. The van der Waals surface area contributed by atoms with Crippen LogP contribution in [0.3, 0.4) is 0 Å². The van der Waals surface area contributed by atoms with Gasteiger partial charge in [0.2, 0.25) is 0 Å². The molecule has 0 spiro atoms. The number of hydrogen-bond acceptors (Lipinski definition) is 5. The molecule has 1 heterocycles. The number of aliphatic hydroxyl groups excluding tert-OH is 1. The van der Waals surface area contributed by atoms with Crippen LogP contribution in [0.2, 0.25) is 0 Å². The van der Waals surface area contributed by atoms with Crippen molar-refractivity contribution in [2.75, 3.05) is 0 Å².